The summed E-state index contributed by atoms with van der Waals surface area (Å²) in [6.45, 7) is 8.70. The number of rotatable bonds is 3. The van der Waals surface area contributed by atoms with E-state index >= 15 is 0 Å². The van der Waals surface area contributed by atoms with Crippen molar-refractivity contribution in [3.63, 3.8) is 0 Å². The summed E-state index contributed by atoms with van der Waals surface area (Å²) in [5, 5.41) is 7.51. The third-order valence-electron chi connectivity index (χ3n) is 2.75. The summed E-state index contributed by atoms with van der Waals surface area (Å²) >= 11 is 3.43. The van der Waals surface area contributed by atoms with Gasteiger partial charge in [0.25, 0.3) is 0 Å². The second-order valence-corrected chi connectivity index (χ2v) is 7.29. The maximum atomic E-state index is 4.70. The second-order valence-electron chi connectivity index (χ2n) is 5.37. The van der Waals surface area contributed by atoms with Crippen LogP contribution in [-0.2, 0) is 5.41 Å². The van der Waals surface area contributed by atoms with Gasteiger partial charge in [-0.05, 0) is 14.0 Å². The number of aromatic nitrogens is 2. The van der Waals surface area contributed by atoms with Gasteiger partial charge in [0.2, 0.25) is 0 Å². The van der Waals surface area contributed by atoms with Crippen molar-refractivity contribution in [2.45, 2.75) is 39.2 Å². The average Bonchev–Trinajstić information content (AvgIpc) is 2.94. The first kappa shape index (κ1) is 13.6. The molecule has 0 aliphatic carbocycles. The molecule has 0 aromatic carbocycles. The van der Waals surface area contributed by atoms with Gasteiger partial charge in [0.15, 0.2) is 0 Å². The Morgan fingerprint density at radius 3 is 2.61 bits per heavy atom. The van der Waals surface area contributed by atoms with Crippen molar-refractivity contribution < 1.29 is 0 Å². The summed E-state index contributed by atoms with van der Waals surface area (Å²) in [5.74, 6) is 0. The summed E-state index contributed by atoms with van der Waals surface area (Å²) in [4.78, 5) is 10.4. The molecule has 18 heavy (non-hydrogen) atoms. The number of nitrogens with zero attached hydrogens (tertiary/aromatic N) is 2. The molecule has 0 bridgehead atoms. The third-order valence-corrected chi connectivity index (χ3v) is 5.22. The van der Waals surface area contributed by atoms with Crippen LogP contribution in [0.1, 0.15) is 43.6 Å². The Kier molecular flexibility index (Phi) is 3.84. The molecule has 0 radical (unpaired) electrons. The van der Waals surface area contributed by atoms with E-state index in [1.54, 1.807) is 22.7 Å². The molecule has 0 aliphatic heterocycles. The number of hydrogen-bond acceptors (Lipinski definition) is 5. The van der Waals surface area contributed by atoms with Crippen LogP contribution in [0.2, 0.25) is 0 Å². The molecule has 0 spiro atoms. The largest absolute Gasteiger partial charge is 0.312 e. The van der Waals surface area contributed by atoms with Gasteiger partial charge in [-0.3, -0.25) is 0 Å². The highest BCUT2D eigenvalue weighted by atomic mass is 32.1. The first-order chi connectivity index (χ1) is 8.41. The average molecular weight is 281 g/mol. The molecular weight excluding hydrogens is 262 g/mol. The minimum Gasteiger partial charge on any atom is -0.312 e. The van der Waals surface area contributed by atoms with Crippen molar-refractivity contribution in [3.05, 3.63) is 21.5 Å². The molecular formula is C13H19N3S2. The second kappa shape index (κ2) is 5.07. The molecule has 3 nitrogen and oxygen atoms in total. The lowest BCUT2D eigenvalue weighted by molar-refractivity contribution is 0.586. The fourth-order valence-corrected chi connectivity index (χ4v) is 3.37. The molecule has 5 heteroatoms. The zero-order valence-corrected chi connectivity index (χ0v) is 13.1. The Morgan fingerprint density at radius 2 is 2.06 bits per heavy atom. The first-order valence-corrected chi connectivity index (χ1v) is 7.71. The van der Waals surface area contributed by atoms with Crippen molar-refractivity contribution in [1.82, 2.24) is 15.3 Å². The quantitative estimate of drug-likeness (QED) is 0.928. The Labute approximate surface area is 116 Å². The highest BCUT2D eigenvalue weighted by molar-refractivity contribution is 7.15. The summed E-state index contributed by atoms with van der Waals surface area (Å²) < 4.78 is 0. The monoisotopic (exact) mass is 281 g/mol. The van der Waals surface area contributed by atoms with Crippen molar-refractivity contribution in [2.24, 2.45) is 0 Å². The van der Waals surface area contributed by atoms with Crippen LogP contribution in [0.4, 0.5) is 0 Å². The lowest BCUT2D eigenvalue weighted by Gasteiger charge is -2.13. The number of nitrogens with one attached hydrogen (secondary N) is 1. The molecule has 0 fully saturated rings. The molecule has 0 aliphatic rings. The molecule has 1 unspecified atom stereocenters. The highest BCUT2D eigenvalue weighted by Gasteiger charge is 2.19. The van der Waals surface area contributed by atoms with E-state index in [9.17, 15) is 0 Å². The van der Waals surface area contributed by atoms with Crippen LogP contribution in [0.25, 0.3) is 10.7 Å². The van der Waals surface area contributed by atoms with Crippen LogP contribution in [-0.4, -0.2) is 17.0 Å². The number of thiazole rings is 2. The minimum atomic E-state index is 0.112. The van der Waals surface area contributed by atoms with E-state index in [2.05, 4.69) is 43.4 Å². The van der Waals surface area contributed by atoms with Gasteiger partial charge in [-0.25, -0.2) is 9.97 Å². The first-order valence-electron chi connectivity index (χ1n) is 6.01. The SMILES string of the molecule is CNC(C)c1cnc(-c2csc(C(C)(C)C)n2)s1. The van der Waals surface area contributed by atoms with Gasteiger partial charge in [0, 0.05) is 27.9 Å². The molecule has 98 valence electrons. The molecule has 1 atom stereocenters. The van der Waals surface area contributed by atoms with Gasteiger partial charge in [0.05, 0.1) is 5.01 Å². The van der Waals surface area contributed by atoms with E-state index in [4.69, 9.17) is 4.98 Å². The van der Waals surface area contributed by atoms with Gasteiger partial charge >= 0.3 is 0 Å². The van der Waals surface area contributed by atoms with E-state index in [0.717, 1.165) is 15.7 Å². The topological polar surface area (TPSA) is 37.8 Å². The van der Waals surface area contributed by atoms with E-state index in [1.165, 1.54) is 4.88 Å². The lowest BCUT2D eigenvalue weighted by atomic mass is 9.98. The minimum absolute atomic E-state index is 0.112. The standard InChI is InChI=1S/C13H19N3S2/c1-8(14-5)10-6-15-11(18-10)9-7-17-12(16-9)13(2,3)4/h6-8,14H,1-5H3. The summed E-state index contributed by atoms with van der Waals surface area (Å²) in [5.41, 5.74) is 1.12. The van der Waals surface area contributed by atoms with Gasteiger partial charge < -0.3 is 5.32 Å². The maximum Gasteiger partial charge on any atom is 0.142 e. The Balaban J connectivity index is 2.27. The van der Waals surface area contributed by atoms with Gasteiger partial charge in [0.1, 0.15) is 10.7 Å². The number of hydrogen-bond donors (Lipinski definition) is 1. The molecule has 0 saturated carbocycles. The molecule has 2 heterocycles. The van der Waals surface area contributed by atoms with Crippen molar-refractivity contribution in [1.29, 1.82) is 0 Å². The molecule has 1 N–H and O–H groups in total. The van der Waals surface area contributed by atoms with Crippen LogP contribution in [0.3, 0.4) is 0 Å². The van der Waals surface area contributed by atoms with Crippen molar-refractivity contribution in [2.75, 3.05) is 7.05 Å². The van der Waals surface area contributed by atoms with Crippen LogP contribution < -0.4 is 5.32 Å². The third kappa shape index (κ3) is 2.79. The van der Waals surface area contributed by atoms with Crippen LogP contribution in [0.15, 0.2) is 11.6 Å². The Hall–Kier alpha value is -0.780. The lowest BCUT2D eigenvalue weighted by Crippen LogP contribution is -2.10. The van der Waals surface area contributed by atoms with E-state index in [0.29, 0.717) is 6.04 Å². The van der Waals surface area contributed by atoms with E-state index in [-0.39, 0.29) is 5.41 Å². The fraction of sp³-hybridized carbons (Fsp3) is 0.538. The predicted molar refractivity (Wildman–Crippen MR) is 79.4 cm³/mol. The molecule has 0 amide bonds. The van der Waals surface area contributed by atoms with Gasteiger partial charge in [-0.2, -0.15) is 0 Å². The van der Waals surface area contributed by atoms with Crippen molar-refractivity contribution in [3.8, 4) is 10.7 Å². The van der Waals surface area contributed by atoms with E-state index in [1.807, 2.05) is 13.2 Å². The Morgan fingerprint density at radius 1 is 1.33 bits per heavy atom. The van der Waals surface area contributed by atoms with Crippen LogP contribution >= 0.6 is 22.7 Å². The van der Waals surface area contributed by atoms with Crippen molar-refractivity contribution >= 4 is 22.7 Å². The molecule has 2 rings (SSSR count). The molecule has 2 aromatic rings. The van der Waals surface area contributed by atoms with Gasteiger partial charge in [-0.15, -0.1) is 22.7 Å². The highest BCUT2D eigenvalue weighted by Crippen LogP contribution is 2.32. The van der Waals surface area contributed by atoms with Crippen LogP contribution in [0, 0.1) is 0 Å². The Bertz CT molecular complexity index is 522. The van der Waals surface area contributed by atoms with Crippen LogP contribution in [0.5, 0.6) is 0 Å². The van der Waals surface area contributed by atoms with Gasteiger partial charge in [-0.1, -0.05) is 20.8 Å². The smallest absolute Gasteiger partial charge is 0.142 e. The molecule has 2 aromatic heterocycles. The zero-order chi connectivity index (χ0) is 13.3. The molecule has 0 saturated heterocycles. The predicted octanol–water partition coefficient (Wildman–Crippen LogP) is 3.84. The maximum absolute atomic E-state index is 4.70. The summed E-state index contributed by atoms with van der Waals surface area (Å²) in [6.07, 6.45) is 1.94. The normalized spacial score (nSPS) is 13.8. The fourth-order valence-electron chi connectivity index (χ4n) is 1.46. The summed E-state index contributed by atoms with van der Waals surface area (Å²) in [6, 6.07) is 0.344. The summed E-state index contributed by atoms with van der Waals surface area (Å²) in [7, 11) is 1.96. The zero-order valence-electron chi connectivity index (χ0n) is 11.4. The van der Waals surface area contributed by atoms with E-state index < -0.39 is 0 Å².